The van der Waals surface area contributed by atoms with E-state index in [1.165, 1.54) is 18.5 Å². The molecule has 0 aliphatic rings. The molecule has 0 bridgehead atoms. The Balaban J connectivity index is 1.90. The Kier molecular flexibility index (Phi) is 4.83. The van der Waals surface area contributed by atoms with Crippen LogP contribution in [0, 0.1) is 10.1 Å². The summed E-state index contributed by atoms with van der Waals surface area (Å²) in [7, 11) is 0. The molecule has 0 unspecified atom stereocenters. The number of benzene rings is 1. The highest BCUT2D eigenvalue weighted by Gasteiger charge is 2.15. The van der Waals surface area contributed by atoms with E-state index < -0.39 is 10.8 Å². The third kappa shape index (κ3) is 3.99. The predicted octanol–water partition coefficient (Wildman–Crippen LogP) is 1.73. The molecule has 1 heterocycles. The van der Waals surface area contributed by atoms with Gasteiger partial charge in [0, 0.05) is 25.1 Å². The first-order valence-electron chi connectivity index (χ1n) is 6.14. The van der Waals surface area contributed by atoms with Gasteiger partial charge in [-0.05, 0) is 12.5 Å². The summed E-state index contributed by atoms with van der Waals surface area (Å²) in [6.07, 6.45) is 2.72. The van der Waals surface area contributed by atoms with E-state index in [9.17, 15) is 14.9 Å². The number of rotatable bonds is 6. The maximum atomic E-state index is 11.9. The molecular weight excluding hydrogens is 298 g/mol. The molecule has 21 heavy (non-hydrogen) atoms. The second kappa shape index (κ2) is 6.80. The zero-order valence-electron chi connectivity index (χ0n) is 10.9. The number of nitrogens with one attached hydrogen (secondary N) is 2. The molecule has 110 valence electrons. The second-order valence-electron chi connectivity index (χ2n) is 4.21. The minimum atomic E-state index is -0.572. The third-order valence-corrected chi connectivity index (χ3v) is 3.08. The maximum absolute atomic E-state index is 11.9. The van der Waals surface area contributed by atoms with Crippen molar-refractivity contribution < 1.29 is 9.72 Å². The Hall–Kier alpha value is -2.48. The Morgan fingerprint density at radius 2 is 2.29 bits per heavy atom. The van der Waals surface area contributed by atoms with E-state index in [1.807, 2.05) is 0 Å². The van der Waals surface area contributed by atoms with Crippen molar-refractivity contribution in [3.05, 3.63) is 51.1 Å². The van der Waals surface area contributed by atoms with Gasteiger partial charge in [0.25, 0.3) is 11.6 Å². The van der Waals surface area contributed by atoms with Gasteiger partial charge in [-0.1, -0.05) is 11.6 Å². The quantitative estimate of drug-likeness (QED) is 0.479. The minimum Gasteiger partial charge on any atom is -0.352 e. The van der Waals surface area contributed by atoms with Gasteiger partial charge in [0.1, 0.15) is 12.2 Å². The number of nitro benzene ring substituents is 1. The monoisotopic (exact) mass is 309 g/mol. The number of amides is 1. The second-order valence-corrected chi connectivity index (χ2v) is 4.62. The van der Waals surface area contributed by atoms with Crippen LogP contribution in [-0.4, -0.2) is 32.6 Å². The molecule has 0 saturated carbocycles. The Bertz CT molecular complexity index is 644. The lowest BCUT2D eigenvalue weighted by molar-refractivity contribution is -0.384. The summed E-state index contributed by atoms with van der Waals surface area (Å²) in [5, 5.41) is 20.0. The van der Waals surface area contributed by atoms with Gasteiger partial charge >= 0.3 is 0 Å². The van der Waals surface area contributed by atoms with Crippen molar-refractivity contribution in [2.75, 3.05) is 6.54 Å². The summed E-state index contributed by atoms with van der Waals surface area (Å²) >= 11 is 5.88. The van der Waals surface area contributed by atoms with Crippen LogP contribution in [0.3, 0.4) is 0 Å². The van der Waals surface area contributed by atoms with Crippen LogP contribution >= 0.6 is 11.6 Å². The van der Waals surface area contributed by atoms with Crippen LogP contribution in [0.1, 0.15) is 22.6 Å². The van der Waals surface area contributed by atoms with Gasteiger partial charge in [-0.3, -0.25) is 20.0 Å². The average Bonchev–Trinajstić information content (AvgIpc) is 2.96. The molecule has 1 aromatic heterocycles. The molecule has 2 aromatic rings. The fraction of sp³-hybridized carbons (Fsp3) is 0.250. The molecule has 0 atom stereocenters. The first-order chi connectivity index (χ1) is 10.1. The minimum absolute atomic E-state index is 0.0885. The highest BCUT2D eigenvalue weighted by Crippen LogP contribution is 2.21. The molecule has 2 rings (SSSR count). The summed E-state index contributed by atoms with van der Waals surface area (Å²) < 4.78 is 0. The van der Waals surface area contributed by atoms with Crippen molar-refractivity contribution in [3.8, 4) is 0 Å². The van der Waals surface area contributed by atoms with Crippen LogP contribution in [0.4, 0.5) is 5.69 Å². The van der Waals surface area contributed by atoms with Crippen molar-refractivity contribution in [1.82, 2.24) is 20.5 Å². The van der Waals surface area contributed by atoms with E-state index in [2.05, 4.69) is 20.5 Å². The van der Waals surface area contributed by atoms with E-state index in [0.29, 0.717) is 19.4 Å². The fourth-order valence-corrected chi connectivity index (χ4v) is 1.91. The fourth-order valence-electron chi connectivity index (χ4n) is 1.71. The van der Waals surface area contributed by atoms with Crippen LogP contribution in [0.25, 0.3) is 0 Å². The molecule has 2 N–H and O–H groups in total. The largest absolute Gasteiger partial charge is 0.352 e. The third-order valence-electron chi connectivity index (χ3n) is 2.75. The van der Waals surface area contributed by atoms with Gasteiger partial charge in [-0.2, -0.15) is 5.10 Å². The number of hydrogen-bond acceptors (Lipinski definition) is 5. The number of nitrogens with zero attached hydrogens (tertiary/aromatic N) is 3. The number of aromatic nitrogens is 3. The Morgan fingerprint density at radius 1 is 1.48 bits per heavy atom. The van der Waals surface area contributed by atoms with Crippen LogP contribution in [0.5, 0.6) is 0 Å². The maximum Gasteiger partial charge on any atom is 0.270 e. The molecule has 0 fully saturated rings. The van der Waals surface area contributed by atoms with E-state index in [1.54, 1.807) is 0 Å². The van der Waals surface area contributed by atoms with Crippen LogP contribution in [0.2, 0.25) is 5.02 Å². The smallest absolute Gasteiger partial charge is 0.270 e. The number of carbonyl (C=O) groups is 1. The van der Waals surface area contributed by atoms with Crippen LogP contribution in [-0.2, 0) is 6.42 Å². The van der Waals surface area contributed by atoms with Crippen molar-refractivity contribution in [1.29, 1.82) is 0 Å². The van der Waals surface area contributed by atoms with Crippen molar-refractivity contribution >= 4 is 23.2 Å². The van der Waals surface area contributed by atoms with Crippen molar-refractivity contribution in [3.63, 3.8) is 0 Å². The van der Waals surface area contributed by atoms with Crippen LogP contribution < -0.4 is 5.32 Å². The highest BCUT2D eigenvalue weighted by molar-refractivity contribution is 6.33. The van der Waals surface area contributed by atoms with Crippen molar-refractivity contribution in [2.45, 2.75) is 12.8 Å². The first kappa shape index (κ1) is 14.9. The molecule has 0 radical (unpaired) electrons. The normalized spacial score (nSPS) is 10.3. The summed E-state index contributed by atoms with van der Waals surface area (Å²) in [6.45, 7) is 0.401. The van der Waals surface area contributed by atoms with Gasteiger partial charge in [-0.25, -0.2) is 4.98 Å². The van der Waals surface area contributed by atoms with Crippen molar-refractivity contribution in [2.24, 2.45) is 0 Å². The lowest BCUT2D eigenvalue weighted by Gasteiger charge is -2.06. The number of H-pyrrole nitrogens is 1. The van der Waals surface area contributed by atoms with E-state index in [4.69, 9.17) is 11.6 Å². The number of aromatic amines is 1. The number of carbonyl (C=O) groups excluding carboxylic acids is 1. The van der Waals surface area contributed by atoms with Gasteiger partial charge in [-0.15, -0.1) is 0 Å². The van der Waals surface area contributed by atoms with E-state index in [0.717, 1.165) is 11.9 Å². The van der Waals surface area contributed by atoms with Gasteiger partial charge in [0.2, 0.25) is 0 Å². The Morgan fingerprint density at radius 3 is 2.95 bits per heavy atom. The molecular formula is C12H12ClN5O3. The number of aryl methyl sites for hydroxylation is 1. The lowest BCUT2D eigenvalue weighted by Crippen LogP contribution is -2.25. The summed E-state index contributed by atoms with van der Waals surface area (Å²) in [5.74, 6) is 0.291. The summed E-state index contributed by atoms with van der Waals surface area (Å²) in [5.41, 5.74) is -0.0864. The molecule has 1 aromatic carbocycles. The average molecular weight is 310 g/mol. The molecule has 0 spiro atoms. The molecule has 0 aliphatic heterocycles. The zero-order valence-corrected chi connectivity index (χ0v) is 11.6. The summed E-state index contributed by atoms with van der Waals surface area (Å²) in [6, 6.07) is 3.75. The molecule has 0 aliphatic carbocycles. The molecule has 8 nitrogen and oxygen atoms in total. The van der Waals surface area contributed by atoms with Gasteiger partial charge < -0.3 is 5.32 Å². The number of hydrogen-bond donors (Lipinski definition) is 2. The number of nitro groups is 1. The highest BCUT2D eigenvalue weighted by atomic mass is 35.5. The summed E-state index contributed by atoms with van der Waals surface area (Å²) in [4.78, 5) is 26.0. The van der Waals surface area contributed by atoms with E-state index in [-0.39, 0.29) is 16.3 Å². The lowest BCUT2D eigenvalue weighted by atomic mass is 10.2. The molecule has 9 heteroatoms. The first-order valence-corrected chi connectivity index (χ1v) is 6.52. The standard InChI is InChI=1S/C12H12ClN5O3/c13-10-4-3-8(18(20)21)6-9(10)12(19)14-5-1-2-11-15-7-16-17-11/h3-4,6-7H,1-2,5H2,(H,14,19)(H,15,16,17). The number of non-ortho nitro benzene ring substituents is 1. The van der Waals surface area contributed by atoms with Gasteiger partial charge in [0.15, 0.2) is 0 Å². The Labute approximate surface area is 124 Å². The molecule has 1 amide bonds. The molecule has 0 saturated heterocycles. The SMILES string of the molecule is O=C(NCCCc1ncn[nH]1)c1cc([N+](=O)[O-])ccc1Cl. The van der Waals surface area contributed by atoms with E-state index >= 15 is 0 Å². The van der Waals surface area contributed by atoms with Crippen LogP contribution in [0.15, 0.2) is 24.5 Å². The zero-order chi connectivity index (χ0) is 15.2. The predicted molar refractivity (Wildman–Crippen MR) is 75.1 cm³/mol. The topological polar surface area (TPSA) is 114 Å². The number of halogens is 1. The van der Waals surface area contributed by atoms with Gasteiger partial charge in [0.05, 0.1) is 15.5 Å².